The van der Waals surface area contributed by atoms with Gasteiger partial charge in [0.05, 0.1) is 10.2 Å². The third-order valence-corrected chi connectivity index (χ3v) is 3.22. The standard InChI is InChI=1S/C8H7BrN4OS/c1-4-3-14-8(12-4)15-6-5(9)2-11-7(10)13-6/h2-3H,1H3,(H2,10,11,13). The molecule has 0 saturated heterocycles. The zero-order chi connectivity index (χ0) is 10.8. The summed E-state index contributed by atoms with van der Waals surface area (Å²) < 4.78 is 5.95. The molecule has 0 radical (unpaired) electrons. The molecule has 2 aromatic rings. The maximum absolute atomic E-state index is 5.48. The Hall–Kier alpha value is -1.08. The molecular formula is C8H7BrN4OS. The van der Waals surface area contributed by atoms with Gasteiger partial charge in [0.15, 0.2) is 0 Å². The van der Waals surface area contributed by atoms with Crippen molar-refractivity contribution in [2.24, 2.45) is 0 Å². The van der Waals surface area contributed by atoms with Crippen molar-refractivity contribution in [1.82, 2.24) is 15.0 Å². The first-order valence-corrected chi connectivity index (χ1v) is 5.64. The molecule has 0 spiro atoms. The number of oxazole rings is 1. The van der Waals surface area contributed by atoms with Gasteiger partial charge in [0.1, 0.15) is 11.3 Å². The first kappa shape index (κ1) is 10.4. The summed E-state index contributed by atoms with van der Waals surface area (Å²) in [4.78, 5) is 12.1. The zero-order valence-corrected chi connectivity index (χ0v) is 10.2. The Balaban J connectivity index is 2.27. The fraction of sp³-hybridized carbons (Fsp3) is 0.125. The van der Waals surface area contributed by atoms with Crippen molar-refractivity contribution in [1.29, 1.82) is 0 Å². The minimum absolute atomic E-state index is 0.226. The topological polar surface area (TPSA) is 77.8 Å². The highest BCUT2D eigenvalue weighted by atomic mass is 79.9. The second-order valence-corrected chi connectivity index (χ2v) is 4.53. The monoisotopic (exact) mass is 286 g/mol. The van der Waals surface area contributed by atoms with Gasteiger partial charge in [-0.05, 0) is 34.6 Å². The van der Waals surface area contributed by atoms with E-state index in [4.69, 9.17) is 10.2 Å². The van der Waals surface area contributed by atoms with Gasteiger partial charge in [0, 0.05) is 6.20 Å². The van der Waals surface area contributed by atoms with E-state index in [1.165, 1.54) is 11.8 Å². The molecule has 2 N–H and O–H groups in total. The lowest BCUT2D eigenvalue weighted by molar-refractivity contribution is 0.453. The van der Waals surface area contributed by atoms with Crippen molar-refractivity contribution < 1.29 is 4.42 Å². The Morgan fingerprint density at radius 2 is 2.27 bits per heavy atom. The number of halogens is 1. The highest BCUT2D eigenvalue weighted by Gasteiger charge is 2.09. The molecule has 2 heterocycles. The fourth-order valence-corrected chi connectivity index (χ4v) is 2.07. The summed E-state index contributed by atoms with van der Waals surface area (Å²) in [5.74, 6) is 0.226. The highest BCUT2D eigenvalue weighted by Crippen LogP contribution is 2.30. The molecule has 0 fully saturated rings. The minimum Gasteiger partial charge on any atom is -0.439 e. The molecule has 0 saturated carbocycles. The van der Waals surface area contributed by atoms with E-state index in [9.17, 15) is 0 Å². The van der Waals surface area contributed by atoms with E-state index in [2.05, 4.69) is 30.9 Å². The van der Waals surface area contributed by atoms with Crippen LogP contribution in [0.4, 0.5) is 5.95 Å². The summed E-state index contributed by atoms with van der Waals surface area (Å²) >= 11 is 4.62. The van der Waals surface area contributed by atoms with E-state index in [0.29, 0.717) is 10.2 Å². The molecule has 15 heavy (non-hydrogen) atoms. The van der Waals surface area contributed by atoms with Crippen LogP contribution in [0, 0.1) is 6.92 Å². The number of nitrogen functional groups attached to an aromatic ring is 1. The number of anilines is 1. The van der Waals surface area contributed by atoms with Crippen LogP contribution in [-0.2, 0) is 0 Å². The Kier molecular flexibility index (Phi) is 2.92. The molecule has 0 unspecified atom stereocenters. The van der Waals surface area contributed by atoms with Crippen LogP contribution in [0.2, 0.25) is 0 Å². The fourth-order valence-electron chi connectivity index (χ4n) is 0.898. The van der Waals surface area contributed by atoms with Crippen LogP contribution in [-0.4, -0.2) is 15.0 Å². The van der Waals surface area contributed by atoms with Crippen molar-refractivity contribution >= 4 is 33.6 Å². The summed E-state index contributed by atoms with van der Waals surface area (Å²) in [6.45, 7) is 1.86. The van der Waals surface area contributed by atoms with Crippen LogP contribution in [0.15, 0.2) is 31.6 Å². The molecule has 0 aromatic carbocycles. The van der Waals surface area contributed by atoms with Gasteiger partial charge >= 0.3 is 0 Å². The number of aryl methyl sites for hydroxylation is 1. The van der Waals surface area contributed by atoms with Gasteiger partial charge in [0.25, 0.3) is 5.22 Å². The Labute approximate surface area is 98.6 Å². The van der Waals surface area contributed by atoms with Crippen molar-refractivity contribution in [3.05, 3.63) is 22.6 Å². The predicted octanol–water partition coefficient (Wildman–Crippen LogP) is 2.27. The summed E-state index contributed by atoms with van der Waals surface area (Å²) in [6.07, 6.45) is 3.18. The van der Waals surface area contributed by atoms with E-state index in [0.717, 1.165) is 10.2 Å². The van der Waals surface area contributed by atoms with Gasteiger partial charge in [0.2, 0.25) is 5.95 Å². The maximum Gasteiger partial charge on any atom is 0.262 e. The molecule has 0 bridgehead atoms. The van der Waals surface area contributed by atoms with Crippen molar-refractivity contribution in [3.63, 3.8) is 0 Å². The average Bonchev–Trinajstić information content (AvgIpc) is 2.58. The number of hydrogen-bond donors (Lipinski definition) is 1. The van der Waals surface area contributed by atoms with Crippen LogP contribution in [0.25, 0.3) is 0 Å². The van der Waals surface area contributed by atoms with E-state index in [1.807, 2.05) is 6.92 Å². The molecule has 0 aliphatic carbocycles. The molecule has 0 atom stereocenters. The van der Waals surface area contributed by atoms with Gasteiger partial charge in [-0.3, -0.25) is 0 Å². The van der Waals surface area contributed by atoms with Crippen LogP contribution >= 0.6 is 27.7 Å². The van der Waals surface area contributed by atoms with Crippen LogP contribution in [0.3, 0.4) is 0 Å². The SMILES string of the molecule is Cc1coc(Sc2nc(N)ncc2Br)n1. The maximum atomic E-state index is 5.48. The number of rotatable bonds is 2. The van der Waals surface area contributed by atoms with Gasteiger partial charge in [-0.1, -0.05) is 0 Å². The summed E-state index contributed by atoms with van der Waals surface area (Å²) in [7, 11) is 0. The normalized spacial score (nSPS) is 10.5. The van der Waals surface area contributed by atoms with E-state index in [-0.39, 0.29) is 5.95 Å². The van der Waals surface area contributed by atoms with Crippen molar-refractivity contribution in [3.8, 4) is 0 Å². The lowest BCUT2D eigenvalue weighted by Crippen LogP contribution is -1.95. The van der Waals surface area contributed by atoms with Crippen molar-refractivity contribution in [2.75, 3.05) is 5.73 Å². The van der Waals surface area contributed by atoms with Gasteiger partial charge < -0.3 is 10.2 Å². The first-order chi connectivity index (χ1) is 7.15. The average molecular weight is 287 g/mol. The summed E-state index contributed by atoms with van der Waals surface area (Å²) in [6, 6.07) is 0. The zero-order valence-electron chi connectivity index (χ0n) is 7.77. The Morgan fingerprint density at radius 3 is 2.93 bits per heavy atom. The number of nitrogens with zero attached hydrogens (tertiary/aromatic N) is 3. The van der Waals surface area contributed by atoms with Crippen LogP contribution < -0.4 is 5.73 Å². The van der Waals surface area contributed by atoms with E-state index in [1.54, 1.807) is 12.5 Å². The minimum atomic E-state index is 0.226. The third-order valence-electron chi connectivity index (χ3n) is 1.51. The highest BCUT2D eigenvalue weighted by molar-refractivity contribution is 9.10. The van der Waals surface area contributed by atoms with E-state index >= 15 is 0 Å². The number of nitrogens with two attached hydrogens (primary N) is 1. The second kappa shape index (κ2) is 4.19. The lowest BCUT2D eigenvalue weighted by atomic mass is 10.6. The lowest BCUT2D eigenvalue weighted by Gasteiger charge is -1.99. The van der Waals surface area contributed by atoms with Crippen molar-refractivity contribution in [2.45, 2.75) is 17.2 Å². The molecule has 5 nitrogen and oxygen atoms in total. The predicted molar refractivity (Wildman–Crippen MR) is 59.5 cm³/mol. The number of hydrogen-bond acceptors (Lipinski definition) is 6. The van der Waals surface area contributed by atoms with E-state index < -0.39 is 0 Å². The molecule has 0 amide bonds. The molecule has 2 aromatic heterocycles. The van der Waals surface area contributed by atoms with Gasteiger partial charge in [-0.2, -0.15) is 0 Å². The van der Waals surface area contributed by atoms with Crippen LogP contribution in [0.1, 0.15) is 5.69 Å². The van der Waals surface area contributed by atoms with Gasteiger partial charge in [-0.15, -0.1) is 0 Å². The quantitative estimate of drug-likeness (QED) is 0.854. The summed E-state index contributed by atoms with van der Waals surface area (Å²) in [5.41, 5.74) is 6.31. The molecule has 7 heteroatoms. The number of aromatic nitrogens is 3. The van der Waals surface area contributed by atoms with Gasteiger partial charge in [-0.25, -0.2) is 15.0 Å². The molecule has 78 valence electrons. The molecular weight excluding hydrogens is 280 g/mol. The Morgan fingerprint density at radius 1 is 1.47 bits per heavy atom. The summed E-state index contributed by atoms with van der Waals surface area (Å²) in [5, 5.41) is 1.22. The molecule has 2 rings (SSSR count). The molecule has 0 aliphatic heterocycles. The van der Waals surface area contributed by atoms with Crippen LogP contribution in [0.5, 0.6) is 0 Å². The first-order valence-electron chi connectivity index (χ1n) is 4.03. The smallest absolute Gasteiger partial charge is 0.262 e. The Bertz CT molecular complexity index is 487. The second-order valence-electron chi connectivity index (χ2n) is 2.74. The largest absolute Gasteiger partial charge is 0.439 e. The third kappa shape index (κ3) is 2.48. The molecule has 0 aliphatic rings.